The molecular weight excluding hydrogens is 270 g/mol. The number of carboxylic acids is 1. The van der Waals surface area contributed by atoms with Gasteiger partial charge in [-0.2, -0.15) is 0 Å². The van der Waals surface area contributed by atoms with Gasteiger partial charge in [-0.05, 0) is 38.3 Å². The van der Waals surface area contributed by atoms with Gasteiger partial charge >= 0.3 is 12.0 Å². The third-order valence-corrected chi connectivity index (χ3v) is 3.09. The molecule has 0 aliphatic rings. The molecule has 1 unspecified atom stereocenters. The van der Waals surface area contributed by atoms with Crippen molar-refractivity contribution in [1.29, 1.82) is 0 Å². The Hall–Kier alpha value is -2.11. The van der Waals surface area contributed by atoms with Gasteiger partial charge in [0.2, 0.25) is 0 Å². The lowest BCUT2D eigenvalue weighted by Gasteiger charge is -2.16. The molecule has 116 valence electrons. The smallest absolute Gasteiger partial charge is 0.319 e. The Morgan fingerprint density at radius 3 is 2.48 bits per heavy atom. The van der Waals surface area contributed by atoms with Crippen molar-refractivity contribution in [3.63, 3.8) is 0 Å². The van der Waals surface area contributed by atoms with E-state index in [9.17, 15) is 9.59 Å². The minimum Gasteiger partial charge on any atom is -0.481 e. The number of aliphatic carboxylic acids is 1. The number of carbonyl (C=O) groups excluding carboxylic acids is 1. The van der Waals surface area contributed by atoms with E-state index in [2.05, 4.69) is 15.6 Å². The van der Waals surface area contributed by atoms with E-state index in [1.807, 2.05) is 20.8 Å². The number of pyridine rings is 1. The van der Waals surface area contributed by atoms with Gasteiger partial charge in [0.1, 0.15) is 0 Å². The van der Waals surface area contributed by atoms with Crippen molar-refractivity contribution >= 4 is 17.7 Å². The monoisotopic (exact) mass is 293 g/mol. The van der Waals surface area contributed by atoms with E-state index < -0.39 is 17.9 Å². The molecule has 1 atom stereocenters. The van der Waals surface area contributed by atoms with E-state index in [4.69, 9.17) is 5.11 Å². The largest absolute Gasteiger partial charge is 0.481 e. The number of nitrogens with one attached hydrogen (secondary N) is 2. The summed E-state index contributed by atoms with van der Waals surface area (Å²) in [6.07, 6.45) is 0.529. The number of hydrogen-bond acceptors (Lipinski definition) is 3. The molecule has 0 spiro atoms. The highest BCUT2D eigenvalue weighted by atomic mass is 16.4. The fourth-order valence-electron chi connectivity index (χ4n) is 2.04. The molecule has 21 heavy (non-hydrogen) atoms. The molecule has 0 bridgehead atoms. The van der Waals surface area contributed by atoms with Crippen LogP contribution in [0, 0.1) is 25.7 Å². The summed E-state index contributed by atoms with van der Waals surface area (Å²) in [4.78, 5) is 27.2. The summed E-state index contributed by atoms with van der Waals surface area (Å²) >= 11 is 0. The normalized spacial score (nSPS) is 12.0. The fourth-order valence-corrected chi connectivity index (χ4v) is 2.04. The van der Waals surface area contributed by atoms with Gasteiger partial charge in [0, 0.05) is 12.2 Å². The SMILES string of the molecule is Cc1ccc(NC(=O)NCC(CC(C)C)C(=O)O)c(C)n1. The Morgan fingerprint density at radius 1 is 1.29 bits per heavy atom. The maximum atomic E-state index is 11.8. The molecular formula is C15H23N3O3. The first-order valence-electron chi connectivity index (χ1n) is 7.01. The summed E-state index contributed by atoms with van der Waals surface area (Å²) in [5, 5.41) is 14.4. The predicted octanol–water partition coefficient (Wildman–Crippen LogP) is 2.57. The van der Waals surface area contributed by atoms with Crippen LogP contribution in [0.5, 0.6) is 0 Å². The van der Waals surface area contributed by atoms with Crippen LogP contribution in [0.1, 0.15) is 31.7 Å². The second kappa shape index (κ2) is 7.61. The van der Waals surface area contributed by atoms with E-state index >= 15 is 0 Å². The quantitative estimate of drug-likeness (QED) is 0.751. The van der Waals surface area contributed by atoms with Gasteiger partial charge in [-0.25, -0.2) is 4.79 Å². The van der Waals surface area contributed by atoms with E-state index in [1.165, 1.54) is 0 Å². The van der Waals surface area contributed by atoms with E-state index in [0.29, 0.717) is 12.1 Å². The summed E-state index contributed by atoms with van der Waals surface area (Å²) in [6, 6.07) is 3.17. The molecule has 3 N–H and O–H groups in total. The van der Waals surface area contributed by atoms with Crippen molar-refractivity contribution in [2.24, 2.45) is 11.8 Å². The summed E-state index contributed by atoms with van der Waals surface area (Å²) < 4.78 is 0. The molecule has 6 heteroatoms. The minimum absolute atomic E-state index is 0.109. The molecule has 0 radical (unpaired) electrons. The van der Waals surface area contributed by atoms with Crippen LogP contribution in [-0.4, -0.2) is 28.6 Å². The Bertz CT molecular complexity index is 515. The highest BCUT2D eigenvalue weighted by Crippen LogP contribution is 2.13. The van der Waals surface area contributed by atoms with Gasteiger partial charge < -0.3 is 15.7 Å². The molecule has 0 fully saturated rings. The maximum absolute atomic E-state index is 11.8. The molecule has 2 amide bonds. The van der Waals surface area contributed by atoms with Gasteiger partial charge in [0.25, 0.3) is 0 Å². The Morgan fingerprint density at radius 2 is 1.95 bits per heavy atom. The fraction of sp³-hybridized carbons (Fsp3) is 0.533. The molecule has 1 rings (SSSR count). The van der Waals surface area contributed by atoms with Crippen molar-refractivity contribution in [2.75, 3.05) is 11.9 Å². The highest BCUT2D eigenvalue weighted by molar-refractivity contribution is 5.90. The zero-order valence-corrected chi connectivity index (χ0v) is 12.9. The van der Waals surface area contributed by atoms with E-state index in [1.54, 1.807) is 19.1 Å². The van der Waals surface area contributed by atoms with Crippen LogP contribution in [0.3, 0.4) is 0 Å². The molecule has 0 aliphatic heterocycles. The predicted molar refractivity (Wildman–Crippen MR) is 81.3 cm³/mol. The molecule has 1 aromatic rings. The summed E-state index contributed by atoms with van der Waals surface area (Å²) in [6.45, 7) is 7.70. The average molecular weight is 293 g/mol. The number of nitrogens with zero attached hydrogens (tertiary/aromatic N) is 1. The van der Waals surface area contributed by atoms with Crippen molar-refractivity contribution < 1.29 is 14.7 Å². The van der Waals surface area contributed by atoms with Crippen molar-refractivity contribution in [3.05, 3.63) is 23.5 Å². The number of rotatable bonds is 6. The van der Waals surface area contributed by atoms with Gasteiger partial charge in [-0.15, -0.1) is 0 Å². The molecule has 1 aromatic heterocycles. The van der Waals surface area contributed by atoms with Gasteiger partial charge in [0.15, 0.2) is 0 Å². The van der Waals surface area contributed by atoms with Crippen molar-refractivity contribution in [2.45, 2.75) is 34.1 Å². The zero-order valence-electron chi connectivity index (χ0n) is 12.9. The molecule has 0 saturated heterocycles. The van der Waals surface area contributed by atoms with Gasteiger partial charge in [-0.3, -0.25) is 9.78 Å². The summed E-state index contributed by atoms with van der Waals surface area (Å²) in [5.74, 6) is -1.20. The maximum Gasteiger partial charge on any atom is 0.319 e. The third-order valence-electron chi connectivity index (χ3n) is 3.09. The minimum atomic E-state index is -0.891. The summed E-state index contributed by atoms with van der Waals surface area (Å²) in [5.41, 5.74) is 2.22. The number of hydrogen-bond donors (Lipinski definition) is 3. The average Bonchev–Trinajstić information content (AvgIpc) is 2.37. The standard InChI is InChI=1S/C15H23N3O3/c1-9(2)7-12(14(19)20)8-16-15(21)18-13-6-5-10(3)17-11(13)4/h5-6,9,12H,7-8H2,1-4H3,(H,19,20)(H2,16,18,21). The molecule has 1 heterocycles. The number of anilines is 1. The Labute approximate surface area is 125 Å². The van der Waals surface area contributed by atoms with Gasteiger partial charge in [0.05, 0.1) is 17.3 Å². The van der Waals surface area contributed by atoms with Crippen LogP contribution >= 0.6 is 0 Å². The molecule has 0 saturated carbocycles. The zero-order chi connectivity index (χ0) is 16.0. The third kappa shape index (κ3) is 5.81. The van der Waals surface area contributed by atoms with Crippen LogP contribution in [0.25, 0.3) is 0 Å². The number of aryl methyl sites for hydroxylation is 2. The number of carboxylic acid groups (broad SMARTS) is 1. The van der Waals surface area contributed by atoms with Crippen LogP contribution in [0.15, 0.2) is 12.1 Å². The van der Waals surface area contributed by atoms with Crippen LogP contribution in [0.2, 0.25) is 0 Å². The lowest BCUT2D eigenvalue weighted by atomic mass is 9.97. The molecule has 0 aliphatic carbocycles. The first-order valence-corrected chi connectivity index (χ1v) is 7.01. The first-order chi connectivity index (χ1) is 9.79. The van der Waals surface area contributed by atoms with Gasteiger partial charge in [-0.1, -0.05) is 13.8 Å². The number of aromatic nitrogens is 1. The topological polar surface area (TPSA) is 91.3 Å². The number of urea groups is 1. The van der Waals surface area contributed by atoms with Crippen molar-refractivity contribution in [1.82, 2.24) is 10.3 Å². The second-order valence-electron chi connectivity index (χ2n) is 5.59. The Balaban J connectivity index is 2.54. The molecule has 0 aromatic carbocycles. The van der Waals surface area contributed by atoms with E-state index in [0.717, 1.165) is 11.4 Å². The lowest BCUT2D eigenvalue weighted by molar-refractivity contribution is -0.142. The van der Waals surface area contributed by atoms with Crippen LogP contribution in [0.4, 0.5) is 10.5 Å². The second-order valence-corrected chi connectivity index (χ2v) is 5.59. The summed E-state index contributed by atoms with van der Waals surface area (Å²) in [7, 11) is 0. The first kappa shape index (κ1) is 16.9. The lowest BCUT2D eigenvalue weighted by Crippen LogP contribution is -2.36. The number of carbonyl (C=O) groups is 2. The van der Waals surface area contributed by atoms with Crippen molar-refractivity contribution in [3.8, 4) is 0 Å². The molecule has 6 nitrogen and oxygen atoms in total. The van der Waals surface area contributed by atoms with Crippen LogP contribution in [-0.2, 0) is 4.79 Å². The highest BCUT2D eigenvalue weighted by Gasteiger charge is 2.19. The Kier molecular flexibility index (Phi) is 6.14. The number of amides is 2. The van der Waals surface area contributed by atoms with Crippen LogP contribution < -0.4 is 10.6 Å². The van der Waals surface area contributed by atoms with E-state index in [-0.39, 0.29) is 12.5 Å².